The minimum atomic E-state index is -7.35. The van der Waals surface area contributed by atoms with E-state index in [0.29, 0.717) is 0 Å². The molecule has 124 valence electrons. The number of halogens is 12. The second kappa shape index (κ2) is 6.45. The van der Waals surface area contributed by atoms with Crippen LogP contribution in [0.1, 0.15) is 1.43 Å². The maximum atomic E-state index is 12.6. The van der Waals surface area contributed by atoms with E-state index < -0.39 is 42.6 Å². The van der Waals surface area contributed by atoms with Gasteiger partial charge in [-0.2, -0.15) is 35.1 Å². The average molecular weight is 340 g/mol. The fourth-order valence-corrected chi connectivity index (χ4v) is 0.899. The Morgan fingerprint density at radius 2 is 1.05 bits per heavy atom. The SMILES string of the molecule is OC(F)(F)C(F)(F)C(F)(F)C(F)(F)C(F)C(F)C(F)F.[H-].[Li+]. The summed E-state index contributed by atoms with van der Waals surface area (Å²) in [5.41, 5.74) is 0. The Bertz CT molecular complexity index is 345. The van der Waals surface area contributed by atoms with E-state index in [4.69, 9.17) is 5.11 Å². The van der Waals surface area contributed by atoms with Gasteiger partial charge < -0.3 is 6.53 Å². The predicted octanol–water partition coefficient (Wildman–Crippen LogP) is 0.535. The van der Waals surface area contributed by atoms with E-state index in [9.17, 15) is 52.7 Å². The van der Waals surface area contributed by atoms with E-state index in [0.717, 1.165) is 0 Å². The molecule has 1 nitrogen and oxygen atoms in total. The van der Waals surface area contributed by atoms with Crippen LogP contribution in [0.2, 0.25) is 0 Å². The summed E-state index contributed by atoms with van der Waals surface area (Å²) >= 11 is 0. The van der Waals surface area contributed by atoms with E-state index in [1.54, 1.807) is 0 Å². The zero-order valence-electron chi connectivity index (χ0n) is 10.7. The van der Waals surface area contributed by atoms with Crippen LogP contribution in [0.5, 0.6) is 0 Å². The smallest absolute Gasteiger partial charge is 1.00 e. The molecule has 0 spiro atoms. The van der Waals surface area contributed by atoms with Crippen LogP contribution in [0.25, 0.3) is 0 Å². The van der Waals surface area contributed by atoms with Gasteiger partial charge in [0.2, 0.25) is 6.17 Å². The third kappa shape index (κ3) is 3.73. The third-order valence-corrected chi connectivity index (χ3v) is 2.06. The molecule has 0 aromatic rings. The summed E-state index contributed by atoms with van der Waals surface area (Å²) in [7, 11) is 0. The second-order valence-electron chi connectivity index (χ2n) is 3.49. The van der Waals surface area contributed by atoms with E-state index in [1.807, 2.05) is 0 Å². The second-order valence-corrected chi connectivity index (χ2v) is 3.49. The zero-order chi connectivity index (χ0) is 16.7. The van der Waals surface area contributed by atoms with Crippen molar-refractivity contribution in [1.29, 1.82) is 0 Å². The van der Waals surface area contributed by atoms with Crippen LogP contribution in [0.3, 0.4) is 0 Å². The van der Waals surface area contributed by atoms with Crippen molar-refractivity contribution < 1.29 is 78.1 Å². The first-order chi connectivity index (χ1) is 8.51. The van der Waals surface area contributed by atoms with Crippen LogP contribution in [0.4, 0.5) is 52.7 Å². The fourth-order valence-electron chi connectivity index (χ4n) is 0.899. The minimum absolute atomic E-state index is 0. The van der Waals surface area contributed by atoms with Gasteiger partial charge in [0.15, 0.2) is 6.17 Å². The Morgan fingerprint density at radius 1 is 0.714 bits per heavy atom. The molecule has 0 aliphatic heterocycles. The van der Waals surface area contributed by atoms with Gasteiger partial charge in [-0.25, -0.2) is 17.6 Å². The molecule has 14 heteroatoms. The summed E-state index contributed by atoms with van der Waals surface area (Å²) in [6, 6.07) is 0. The van der Waals surface area contributed by atoms with Crippen molar-refractivity contribution in [3.63, 3.8) is 0 Å². The van der Waals surface area contributed by atoms with Gasteiger partial charge in [0.05, 0.1) is 0 Å². The molecular formula is C7H5F12LiO. The molecule has 2 atom stereocenters. The van der Waals surface area contributed by atoms with Gasteiger partial charge in [-0.05, 0) is 0 Å². The molecular weight excluding hydrogens is 335 g/mol. The van der Waals surface area contributed by atoms with Gasteiger partial charge in [0, 0.05) is 0 Å². The molecule has 0 amide bonds. The largest absolute Gasteiger partial charge is 1.00 e. The molecule has 0 rings (SSSR count). The Labute approximate surface area is 121 Å². The van der Waals surface area contributed by atoms with Crippen LogP contribution in [0, 0.1) is 0 Å². The van der Waals surface area contributed by atoms with E-state index in [2.05, 4.69) is 0 Å². The van der Waals surface area contributed by atoms with Gasteiger partial charge in [0.25, 0.3) is 6.43 Å². The molecule has 21 heavy (non-hydrogen) atoms. The quantitative estimate of drug-likeness (QED) is 0.553. The van der Waals surface area contributed by atoms with Crippen molar-refractivity contribution >= 4 is 0 Å². The fraction of sp³-hybridized carbons (Fsp3) is 1.00. The summed E-state index contributed by atoms with van der Waals surface area (Å²) in [5, 5.41) is 7.41. The van der Waals surface area contributed by atoms with Crippen LogP contribution < -0.4 is 18.9 Å². The molecule has 0 heterocycles. The molecule has 0 aliphatic rings. The number of rotatable bonds is 6. The van der Waals surface area contributed by atoms with E-state index >= 15 is 0 Å². The first-order valence-corrected chi connectivity index (χ1v) is 4.31. The Balaban J connectivity index is -0.00000180. The molecule has 0 aromatic carbocycles. The van der Waals surface area contributed by atoms with Gasteiger partial charge in [0.1, 0.15) is 0 Å². The molecule has 0 aliphatic carbocycles. The molecule has 0 saturated carbocycles. The maximum absolute atomic E-state index is 12.6. The van der Waals surface area contributed by atoms with Gasteiger partial charge >= 0.3 is 42.7 Å². The van der Waals surface area contributed by atoms with Crippen LogP contribution in [-0.2, 0) is 0 Å². The summed E-state index contributed by atoms with van der Waals surface area (Å²) in [5.74, 6) is -21.5. The molecule has 0 bridgehead atoms. The average Bonchev–Trinajstić information content (AvgIpc) is 2.24. The van der Waals surface area contributed by atoms with Crippen LogP contribution in [0.15, 0.2) is 0 Å². The first-order valence-electron chi connectivity index (χ1n) is 4.31. The molecule has 0 aromatic heterocycles. The van der Waals surface area contributed by atoms with Crippen molar-refractivity contribution in [1.82, 2.24) is 0 Å². The zero-order valence-corrected chi connectivity index (χ0v) is 9.71. The molecule has 0 radical (unpaired) electrons. The summed E-state index contributed by atoms with van der Waals surface area (Å²) < 4.78 is 146. The predicted molar refractivity (Wildman–Crippen MR) is 38.9 cm³/mol. The van der Waals surface area contributed by atoms with Crippen molar-refractivity contribution in [2.45, 2.75) is 42.6 Å². The summed E-state index contributed by atoms with van der Waals surface area (Å²) in [4.78, 5) is 0. The first kappa shape index (κ1) is 23.0. The van der Waals surface area contributed by atoms with Crippen molar-refractivity contribution in [3.05, 3.63) is 0 Å². The Morgan fingerprint density at radius 3 is 1.29 bits per heavy atom. The van der Waals surface area contributed by atoms with Gasteiger partial charge in [-0.3, -0.25) is 0 Å². The van der Waals surface area contributed by atoms with Gasteiger partial charge in [-0.15, -0.1) is 0 Å². The van der Waals surface area contributed by atoms with Crippen molar-refractivity contribution in [2.24, 2.45) is 0 Å². The topological polar surface area (TPSA) is 20.2 Å². The number of hydrogen-bond donors (Lipinski definition) is 1. The van der Waals surface area contributed by atoms with E-state index in [1.165, 1.54) is 0 Å². The van der Waals surface area contributed by atoms with E-state index in [-0.39, 0.29) is 20.3 Å². The molecule has 2 unspecified atom stereocenters. The maximum Gasteiger partial charge on any atom is 1.00 e. The van der Waals surface area contributed by atoms with Crippen molar-refractivity contribution in [3.8, 4) is 0 Å². The Kier molecular flexibility index (Phi) is 7.06. The summed E-state index contributed by atoms with van der Waals surface area (Å²) in [6.07, 6.45) is -21.2. The normalized spacial score (nSPS) is 17.4. The molecule has 0 fully saturated rings. The third-order valence-electron chi connectivity index (χ3n) is 2.06. The standard InChI is InChI=1S/C7H4F12O.Li.H/c8-1(3(10)11)2(9)4(12,13)5(14,15)6(16,17)7(18,19)20;;/h1-3,20H;;/q;+1;-1. The van der Waals surface area contributed by atoms with Crippen LogP contribution >= 0.6 is 0 Å². The monoisotopic (exact) mass is 340 g/mol. The molecule has 0 saturated heterocycles. The summed E-state index contributed by atoms with van der Waals surface area (Å²) in [6.45, 7) is 0. The Hall–Kier alpha value is -0.283. The number of hydrogen-bond acceptors (Lipinski definition) is 1. The number of alkyl halides is 12. The molecule has 1 N–H and O–H groups in total. The minimum Gasteiger partial charge on any atom is -1.00 e. The van der Waals surface area contributed by atoms with Gasteiger partial charge in [-0.1, -0.05) is 0 Å². The van der Waals surface area contributed by atoms with Crippen molar-refractivity contribution in [2.75, 3.05) is 0 Å². The number of aliphatic hydroxyl groups is 1. The van der Waals surface area contributed by atoms with Crippen LogP contribution in [-0.4, -0.2) is 47.8 Å².